The number of anilines is 1. The lowest BCUT2D eigenvalue weighted by Crippen LogP contribution is -2.53. The summed E-state index contributed by atoms with van der Waals surface area (Å²) >= 11 is 5.91. The maximum atomic E-state index is 12.9. The Labute approximate surface area is 154 Å². The first-order chi connectivity index (χ1) is 12.3. The maximum Gasteiger partial charge on any atom is 0.430 e. The largest absolute Gasteiger partial charge is 0.430 e. The number of rotatable bonds is 3. The van der Waals surface area contributed by atoms with Crippen molar-refractivity contribution in [3.05, 3.63) is 64.7 Å². The van der Waals surface area contributed by atoms with Crippen LogP contribution in [0.3, 0.4) is 0 Å². The molecule has 0 heterocycles. The highest BCUT2D eigenvalue weighted by Crippen LogP contribution is 2.50. The third-order valence-electron chi connectivity index (χ3n) is 3.90. The molecule has 0 atom stereocenters. The number of benzene rings is 2. The Morgan fingerprint density at radius 1 is 0.926 bits per heavy atom. The van der Waals surface area contributed by atoms with Crippen LogP contribution in [0.15, 0.2) is 48.5 Å². The predicted octanol–water partition coefficient (Wildman–Crippen LogP) is 4.93. The number of carbonyl (C=O) groups excluding carboxylic acids is 1. The second-order valence-corrected chi connectivity index (χ2v) is 6.00. The van der Waals surface area contributed by atoms with Gasteiger partial charge in [0.25, 0.3) is 11.5 Å². The Kier molecular flexibility index (Phi) is 5.49. The van der Waals surface area contributed by atoms with Gasteiger partial charge in [0.15, 0.2) is 0 Å². The summed E-state index contributed by atoms with van der Waals surface area (Å²) in [5.41, 5.74) is -6.32. The van der Waals surface area contributed by atoms with E-state index < -0.39 is 29.4 Å². The standard InChI is InChI=1S/C17H12ClF6NO2/c1-25(14(26)12-4-2-3-5-13(12)18)11-8-6-10(7-9-11)15(27,16(19,20)21)17(22,23)24/h2-9,27H,1H3. The van der Waals surface area contributed by atoms with Crippen molar-refractivity contribution in [3.63, 3.8) is 0 Å². The third-order valence-corrected chi connectivity index (χ3v) is 4.23. The van der Waals surface area contributed by atoms with Gasteiger partial charge in [-0.15, -0.1) is 0 Å². The Morgan fingerprint density at radius 3 is 1.85 bits per heavy atom. The molecule has 2 rings (SSSR count). The van der Waals surface area contributed by atoms with Crippen molar-refractivity contribution in [3.8, 4) is 0 Å². The van der Waals surface area contributed by atoms with Gasteiger partial charge in [0.1, 0.15) is 0 Å². The fraction of sp³-hybridized carbons (Fsp3) is 0.235. The average Bonchev–Trinajstić information content (AvgIpc) is 2.58. The van der Waals surface area contributed by atoms with Crippen LogP contribution in [-0.4, -0.2) is 30.4 Å². The highest BCUT2D eigenvalue weighted by atomic mass is 35.5. The van der Waals surface area contributed by atoms with Gasteiger partial charge in [-0.1, -0.05) is 35.9 Å². The van der Waals surface area contributed by atoms with Crippen LogP contribution in [-0.2, 0) is 5.60 Å². The smallest absolute Gasteiger partial charge is 0.369 e. The second-order valence-electron chi connectivity index (χ2n) is 5.60. The molecule has 0 unspecified atom stereocenters. The van der Waals surface area contributed by atoms with E-state index in [1.54, 1.807) is 12.1 Å². The minimum absolute atomic E-state index is 0.00960. The molecule has 0 aliphatic carbocycles. The maximum absolute atomic E-state index is 12.9. The van der Waals surface area contributed by atoms with Gasteiger partial charge in [0, 0.05) is 18.3 Å². The Bertz CT molecular complexity index is 819. The van der Waals surface area contributed by atoms with E-state index in [9.17, 15) is 36.2 Å². The first-order valence-corrected chi connectivity index (χ1v) is 7.67. The summed E-state index contributed by atoms with van der Waals surface area (Å²) in [5.74, 6) is -0.616. The van der Waals surface area contributed by atoms with Crippen molar-refractivity contribution in [1.82, 2.24) is 0 Å². The van der Waals surface area contributed by atoms with Crippen molar-refractivity contribution in [2.45, 2.75) is 18.0 Å². The number of halogens is 7. The van der Waals surface area contributed by atoms with Gasteiger partial charge in [0.05, 0.1) is 10.6 Å². The molecule has 0 aromatic heterocycles. The zero-order valence-corrected chi connectivity index (χ0v) is 14.3. The van der Waals surface area contributed by atoms with E-state index in [-0.39, 0.29) is 16.3 Å². The minimum atomic E-state index is -5.98. The van der Waals surface area contributed by atoms with Crippen molar-refractivity contribution in [2.75, 3.05) is 11.9 Å². The fourth-order valence-electron chi connectivity index (χ4n) is 2.35. The molecule has 0 radical (unpaired) electrons. The molecule has 0 saturated carbocycles. The zero-order chi connectivity index (χ0) is 20.6. The molecule has 3 nitrogen and oxygen atoms in total. The van der Waals surface area contributed by atoms with Crippen LogP contribution in [0.2, 0.25) is 5.02 Å². The number of nitrogens with zero attached hydrogens (tertiary/aromatic N) is 1. The van der Waals surface area contributed by atoms with Gasteiger partial charge in [-0.25, -0.2) is 0 Å². The monoisotopic (exact) mass is 411 g/mol. The summed E-state index contributed by atoms with van der Waals surface area (Å²) in [4.78, 5) is 13.4. The number of carbonyl (C=O) groups is 1. The van der Waals surface area contributed by atoms with Gasteiger partial charge in [-0.2, -0.15) is 26.3 Å². The first kappa shape index (κ1) is 21.0. The summed E-state index contributed by atoms with van der Waals surface area (Å²) in [7, 11) is 1.28. The van der Waals surface area contributed by atoms with Crippen molar-refractivity contribution in [2.24, 2.45) is 0 Å². The minimum Gasteiger partial charge on any atom is -0.369 e. The Hall–Kier alpha value is -2.26. The first-order valence-electron chi connectivity index (χ1n) is 7.29. The highest BCUT2D eigenvalue weighted by Gasteiger charge is 2.71. The van der Waals surface area contributed by atoms with Crippen LogP contribution in [0.4, 0.5) is 32.0 Å². The van der Waals surface area contributed by atoms with Gasteiger partial charge < -0.3 is 10.0 Å². The molecule has 0 aliphatic heterocycles. The Balaban J connectivity index is 2.39. The summed E-state index contributed by atoms with van der Waals surface area (Å²) in [6, 6.07) is 8.67. The summed E-state index contributed by atoms with van der Waals surface area (Å²) in [6.07, 6.45) is -12.0. The number of hydrogen-bond acceptors (Lipinski definition) is 2. The van der Waals surface area contributed by atoms with E-state index in [0.717, 1.165) is 17.0 Å². The number of amides is 1. The molecule has 146 valence electrons. The molecule has 27 heavy (non-hydrogen) atoms. The quantitative estimate of drug-likeness (QED) is 0.728. The predicted molar refractivity (Wildman–Crippen MR) is 86.6 cm³/mol. The number of hydrogen-bond donors (Lipinski definition) is 1. The van der Waals surface area contributed by atoms with Crippen molar-refractivity contribution < 1.29 is 36.2 Å². The molecule has 1 amide bonds. The van der Waals surface area contributed by atoms with Crippen LogP contribution < -0.4 is 4.90 Å². The topological polar surface area (TPSA) is 40.5 Å². The summed E-state index contributed by atoms with van der Waals surface area (Å²) in [5, 5.41) is 9.49. The summed E-state index contributed by atoms with van der Waals surface area (Å²) in [6.45, 7) is 0. The van der Waals surface area contributed by atoms with Crippen LogP contribution in [0.1, 0.15) is 15.9 Å². The Morgan fingerprint density at radius 2 is 1.41 bits per heavy atom. The summed E-state index contributed by atoms with van der Waals surface area (Å²) < 4.78 is 77.3. The fourth-order valence-corrected chi connectivity index (χ4v) is 2.56. The van der Waals surface area contributed by atoms with Gasteiger partial charge >= 0.3 is 12.4 Å². The van der Waals surface area contributed by atoms with E-state index in [4.69, 9.17) is 11.6 Å². The van der Waals surface area contributed by atoms with Crippen LogP contribution >= 0.6 is 11.6 Å². The number of aliphatic hydroxyl groups is 1. The van der Waals surface area contributed by atoms with E-state index in [1.807, 2.05) is 0 Å². The lowest BCUT2D eigenvalue weighted by molar-refractivity contribution is -0.376. The van der Waals surface area contributed by atoms with Gasteiger partial charge in [-0.05, 0) is 24.3 Å². The molecular weight excluding hydrogens is 400 g/mol. The van der Waals surface area contributed by atoms with E-state index in [2.05, 4.69) is 0 Å². The van der Waals surface area contributed by atoms with E-state index in [0.29, 0.717) is 12.1 Å². The van der Waals surface area contributed by atoms with Crippen LogP contribution in [0, 0.1) is 0 Å². The lowest BCUT2D eigenvalue weighted by Gasteiger charge is -2.32. The molecular formula is C17H12ClF6NO2. The second kappa shape index (κ2) is 7.05. The van der Waals surface area contributed by atoms with Gasteiger partial charge in [0.2, 0.25) is 0 Å². The average molecular weight is 412 g/mol. The van der Waals surface area contributed by atoms with Crippen molar-refractivity contribution >= 4 is 23.2 Å². The SMILES string of the molecule is CN(C(=O)c1ccccc1Cl)c1ccc(C(O)(C(F)(F)F)C(F)(F)F)cc1. The van der Waals surface area contributed by atoms with Crippen molar-refractivity contribution in [1.29, 1.82) is 0 Å². The molecule has 0 spiro atoms. The van der Waals surface area contributed by atoms with E-state index in [1.165, 1.54) is 19.2 Å². The molecule has 0 bridgehead atoms. The molecule has 0 saturated heterocycles. The normalized spacial score (nSPS) is 12.8. The highest BCUT2D eigenvalue weighted by molar-refractivity contribution is 6.34. The molecule has 0 aliphatic rings. The molecule has 2 aromatic rings. The molecule has 2 aromatic carbocycles. The molecule has 1 N–H and O–H groups in total. The lowest BCUT2D eigenvalue weighted by atomic mass is 9.92. The molecule has 10 heteroatoms. The zero-order valence-electron chi connectivity index (χ0n) is 13.6. The van der Waals surface area contributed by atoms with Crippen LogP contribution in [0.5, 0.6) is 0 Å². The van der Waals surface area contributed by atoms with E-state index >= 15 is 0 Å². The number of alkyl halides is 6. The van der Waals surface area contributed by atoms with Gasteiger partial charge in [-0.3, -0.25) is 4.79 Å². The van der Waals surface area contributed by atoms with Crippen LogP contribution in [0.25, 0.3) is 0 Å². The third kappa shape index (κ3) is 3.74. The molecule has 0 fully saturated rings.